The van der Waals surface area contributed by atoms with Gasteiger partial charge in [-0.15, -0.1) is 0 Å². The maximum absolute atomic E-state index is 12.9. The van der Waals surface area contributed by atoms with E-state index in [1.807, 2.05) is 0 Å². The summed E-state index contributed by atoms with van der Waals surface area (Å²) in [5, 5.41) is 0. The molecule has 0 amide bonds. The minimum Gasteiger partial charge on any atom is -0.496 e. The molecule has 0 aliphatic heterocycles. The Labute approximate surface area is 176 Å². The second-order valence-corrected chi connectivity index (χ2v) is 9.26. The molecule has 30 heavy (non-hydrogen) atoms. The fourth-order valence-electron chi connectivity index (χ4n) is 2.85. The topological polar surface area (TPSA) is 86.6 Å². The molecule has 3 rings (SSSR count). The number of carbonyl (C=O) groups excluding carboxylic acids is 1. The van der Waals surface area contributed by atoms with Crippen LogP contribution < -0.4 is 9.46 Å². The lowest BCUT2D eigenvalue weighted by Crippen LogP contribution is -2.27. The summed E-state index contributed by atoms with van der Waals surface area (Å²) in [4.78, 5) is 12.6. The zero-order valence-electron chi connectivity index (χ0n) is 17.2. The highest BCUT2D eigenvalue weighted by molar-refractivity contribution is 7.92. The molecule has 1 N–H and O–H groups in total. The van der Waals surface area contributed by atoms with Gasteiger partial charge in [-0.3, -0.25) is 9.29 Å². The summed E-state index contributed by atoms with van der Waals surface area (Å²) in [5.41, 5.74) is 0.683. The quantitative estimate of drug-likeness (QED) is 0.634. The predicted octanol–water partition coefficient (Wildman–Crippen LogP) is 4.75. The lowest BCUT2D eigenvalue weighted by Gasteiger charge is -2.21. The van der Waals surface area contributed by atoms with Crippen molar-refractivity contribution in [2.45, 2.75) is 31.3 Å². The normalized spacial score (nSPS) is 11.7. The van der Waals surface area contributed by atoms with Crippen molar-refractivity contribution in [3.05, 3.63) is 66.9 Å². The highest BCUT2D eigenvalue weighted by Crippen LogP contribution is 2.33. The van der Waals surface area contributed by atoms with Crippen molar-refractivity contribution < 1.29 is 22.7 Å². The van der Waals surface area contributed by atoms with Gasteiger partial charge in [0.15, 0.2) is 0 Å². The van der Waals surface area contributed by atoms with Gasteiger partial charge in [-0.2, -0.15) is 0 Å². The van der Waals surface area contributed by atoms with Crippen LogP contribution in [0.3, 0.4) is 0 Å². The van der Waals surface area contributed by atoms with Gasteiger partial charge in [-0.1, -0.05) is 18.2 Å². The zero-order valence-corrected chi connectivity index (χ0v) is 18.1. The van der Waals surface area contributed by atoms with E-state index in [9.17, 15) is 13.2 Å². The van der Waals surface area contributed by atoms with Gasteiger partial charge in [0.05, 0.1) is 17.7 Å². The second kappa shape index (κ2) is 8.23. The van der Waals surface area contributed by atoms with Crippen LogP contribution >= 0.6 is 0 Å². The molecular formula is C22H24N2O5S. The number of rotatable bonds is 5. The van der Waals surface area contributed by atoms with Crippen LogP contribution in [0.2, 0.25) is 0 Å². The van der Waals surface area contributed by atoms with Gasteiger partial charge < -0.3 is 9.47 Å². The van der Waals surface area contributed by atoms with Crippen LogP contribution in [0, 0.1) is 0 Å². The van der Waals surface area contributed by atoms with Crippen molar-refractivity contribution in [1.29, 1.82) is 0 Å². The Hall–Kier alpha value is -3.26. The van der Waals surface area contributed by atoms with Gasteiger partial charge >= 0.3 is 6.09 Å². The molecule has 158 valence electrons. The van der Waals surface area contributed by atoms with Crippen LogP contribution in [0.25, 0.3) is 11.3 Å². The summed E-state index contributed by atoms with van der Waals surface area (Å²) < 4.78 is 40.5. The number of para-hydroxylation sites is 1. The largest absolute Gasteiger partial charge is 0.496 e. The van der Waals surface area contributed by atoms with Gasteiger partial charge in [0.25, 0.3) is 10.0 Å². The Morgan fingerprint density at radius 3 is 2.33 bits per heavy atom. The monoisotopic (exact) mass is 428 g/mol. The highest BCUT2D eigenvalue weighted by Gasteiger charge is 2.23. The Morgan fingerprint density at radius 1 is 1.00 bits per heavy atom. The molecule has 0 spiro atoms. The lowest BCUT2D eigenvalue weighted by atomic mass is 10.1. The number of nitrogens with one attached hydrogen (secondary N) is 1. The number of methoxy groups -OCH3 is 1. The van der Waals surface area contributed by atoms with Crippen molar-refractivity contribution in [3.8, 4) is 17.0 Å². The second-order valence-electron chi connectivity index (χ2n) is 7.58. The van der Waals surface area contributed by atoms with Gasteiger partial charge in [0.1, 0.15) is 11.4 Å². The number of carbonyl (C=O) groups is 1. The predicted molar refractivity (Wildman–Crippen MR) is 115 cm³/mol. The molecule has 0 saturated carbocycles. The van der Waals surface area contributed by atoms with Crippen molar-refractivity contribution >= 4 is 21.8 Å². The third-order valence-electron chi connectivity index (χ3n) is 4.12. The van der Waals surface area contributed by atoms with E-state index >= 15 is 0 Å². The average Bonchev–Trinajstić information content (AvgIpc) is 3.16. The number of aromatic nitrogens is 1. The fourth-order valence-corrected chi connectivity index (χ4v) is 3.93. The molecule has 2 aromatic carbocycles. The van der Waals surface area contributed by atoms with Gasteiger partial charge in [0.2, 0.25) is 0 Å². The van der Waals surface area contributed by atoms with E-state index in [4.69, 9.17) is 9.47 Å². The number of benzene rings is 2. The van der Waals surface area contributed by atoms with Crippen molar-refractivity contribution in [2.24, 2.45) is 0 Å². The number of ether oxygens (including phenoxy) is 2. The van der Waals surface area contributed by atoms with Gasteiger partial charge in [-0.05, 0) is 63.2 Å². The summed E-state index contributed by atoms with van der Waals surface area (Å²) in [6.45, 7) is 5.32. The van der Waals surface area contributed by atoms with Crippen LogP contribution in [0.5, 0.6) is 5.75 Å². The highest BCUT2D eigenvalue weighted by atomic mass is 32.2. The molecule has 0 unspecified atom stereocenters. The summed E-state index contributed by atoms with van der Waals surface area (Å²) >= 11 is 0. The van der Waals surface area contributed by atoms with Crippen LogP contribution in [0.1, 0.15) is 20.8 Å². The first-order valence-corrected chi connectivity index (χ1v) is 10.8. The van der Waals surface area contributed by atoms with Crippen molar-refractivity contribution in [2.75, 3.05) is 11.8 Å². The molecule has 3 aromatic rings. The number of anilines is 1. The Kier molecular flexibility index (Phi) is 5.89. The molecule has 0 saturated heterocycles. The SMILES string of the molecule is COc1ccc(S(=O)(=O)Nc2ccccc2)cc1-c1cccn1C(=O)OC(C)(C)C. The maximum atomic E-state index is 12.9. The molecular weight excluding hydrogens is 404 g/mol. The molecule has 0 aliphatic carbocycles. The smallest absolute Gasteiger partial charge is 0.418 e. The van der Waals surface area contributed by atoms with E-state index < -0.39 is 21.7 Å². The van der Waals surface area contributed by atoms with E-state index in [1.54, 1.807) is 75.5 Å². The molecule has 0 radical (unpaired) electrons. The standard InChI is InChI=1S/C22H24N2O5S/c1-22(2,3)29-21(25)24-14-8-11-19(24)18-15-17(12-13-20(18)28-4)30(26,27)23-16-9-6-5-7-10-16/h5-15,23H,1-4H3. The summed E-state index contributed by atoms with van der Waals surface area (Å²) in [7, 11) is -2.36. The summed E-state index contributed by atoms with van der Waals surface area (Å²) in [6, 6.07) is 16.5. The fraction of sp³-hybridized carbons (Fsp3) is 0.227. The Bertz CT molecular complexity index is 1150. The number of hydrogen-bond donors (Lipinski definition) is 1. The maximum Gasteiger partial charge on any atom is 0.418 e. The molecule has 1 aromatic heterocycles. The first-order valence-electron chi connectivity index (χ1n) is 9.28. The van der Waals surface area contributed by atoms with E-state index in [1.165, 1.54) is 23.8 Å². The molecule has 1 heterocycles. The molecule has 0 bridgehead atoms. The van der Waals surface area contributed by atoms with E-state index in [-0.39, 0.29) is 4.90 Å². The van der Waals surface area contributed by atoms with Gasteiger partial charge in [-0.25, -0.2) is 13.2 Å². The third-order valence-corrected chi connectivity index (χ3v) is 5.50. The zero-order chi connectivity index (χ0) is 21.9. The molecule has 8 heteroatoms. The first-order chi connectivity index (χ1) is 14.1. The molecule has 7 nitrogen and oxygen atoms in total. The average molecular weight is 429 g/mol. The number of sulfonamides is 1. The van der Waals surface area contributed by atoms with E-state index in [0.29, 0.717) is 22.7 Å². The third kappa shape index (κ3) is 4.83. The lowest BCUT2D eigenvalue weighted by molar-refractivity contribution is 0.0540. The molecule has 0 atom stereocenters. The minimum absolute atomic E-state index is 0.0408. The number of hydrogen-bond acceptors (Lipinski definition) is 5. The van der Waals surface area contributed by atoms with Crippen molar-refractivity contribution in [3.63, 3.8) is 0 Å². The van der Waals surface area contributed by atoms with Crippen LogP contribution in [0.4, 0.5) is 10.5 Å². The van der Waals surface area contributed by atoms with Crippen LogP contribution in [0.15, 0.2) is 71.8 Å². The van der Waals surface area contributed by atoms with Crippen molar-refractivity contribution in [1.82, 2.24) is 4.57 Å². The van der Waals surface area contributed by atoms with E-state index in [2.05, 4.69) is 4.72 Å². The molecule has 0 fully saturated rings. The Balaban J connectivity index is 2.03. The van der Waals surface area contributed by atoms with E-state index in [0.717, 1.165) is 0 Å². The first kappa shape index (κ1) is 21.4. The van der Waals surface area contributed by atoms with Crippen LogP contribution in [-0.4, -0.2) is 31.8 Å². The van der Waals surface area contributed by atoms with Crippen LogP contribution in [-0.2, 0) is 14.8 Å². The number of nitrogens with zero attached hydrogens (tertiary/aromatic N) is 1. The summed E-state index contributed by atoms with van der Waals surface area (Å²) in [5.74, 6) is 0.428. The Morgan fingerprint density at radius 2 is 1.70 bits per heavy atom. The van der Waals surface area contributed by atoms with Gasteiger partial charge in [0, 0.05) is 17.4 Å². The minimum atomic E-state index is -3.84. The summed E-state index contributed by atoms with van der Waals surface area (Å²) in [6.07, 6.45) is 0.993. The molecule has 0 aliphatic rings.